The molecule has 0 radical (unpaired) electrons. The molecule has 0 amide bonds. The van der Waals surface area contributed by atoms with Crippen LogP contribution in [0.5, 0.6) is 0 Å². The van der Waals surface area contributed by atoms with Crippen LogP contribution < -0.4 is 9.13 Å². The van der Waals surface area contributed by atoms with Gasteiger partial charge in [0, 0.05) is 27.8 Å². The number of pyridine rings is 1. The Balaban J connectivity index is 1.04. The van der Waals surface area contributed by atoms with Crippen LogP contribution in [0.4, 0.5) is 0 Å². The zero-order valence-corrected chi connectivity index (χ0v) is 38.2. The molecule has 314 valence electrons. The van der Waals surface area contributed by atoms with E-state index in [0.717, 1.165) is 16.7 Å². The number of aryl methyl sites for hydroxylation is 4. The summed E-state index contributed by atoms with van der Waals surface area (Å²) in [5.41, 5.74) is 20.6. The third-order valence-electron chi connectivity index (χ3n) is 15.1. The van der Waals surface area contributed by atoms with E-state index >= 15 is 0 Å². The Morgan fingerprint density at radius 3 is 1.74 bits per heavy atom. The Hall–Kier alpha value is -7.89. The minimum atomic E-state index is -0.0516. The van der Waals surface area contributed by atoms with Crippen molar-refractivity contribution in [2.24, 2.45) is 14.1 Å². The largest absolute Gasteiger partial charge is 0.331 e. The van der Waals surface area contributed by atoms with Crippen molar-refractivity contribution in [1.29, 1.82) is 0 Å². The number of nitrogens with zero attached hydrogens (tertiary/aromatic N) is 5. The first-order valence-electron chi connectivity index (χ1n) is 23.2. The molecule has 14 aromatic rings. The lowest BCUT2D eigenvalue weighted by atomic mass is 9.81. The van der Waals surface area contributed by atoms with Crippen LogP contribution in [0.1, 0.15) is 37.5 Å². The van der Waals surface area contributed by atoms with Gasteiger partial charge in [-0.3, -0.25) is 0 Å². The van der Waals surface area contributed by atoms with Crippen LogP contribution in [-0.4, -0.2) is 13.8 Å². The molecule has 0 saturated carbocycles. The van der Waals surface area contributed by atoms with Gasteiger partial charge in [0.05, 0.1) is 45.5 Å². The molecule has 6 heterocycles. The van der Waals surface area contributed by atoms with E-state index in [1.54, 1.807) is 0 Å². The normalized spacial score (nSPS) is 12.8. The van der Waals surface area contributed by atoms with Crippen LogP contribution in [0.2, 0.25) is 0 Å². The summed E-state index contributed by atoms with van der Waals surface area (Å²) in [6.45, 7) is 11.5. The van der Waals surface area contributed by atoms with Crippen molar-refractivity contribution in [2.75, 3.05) is 0 Å². The topological polar surface area (TPSA) is 29.5 Å². The van der Waals surface area contributed by atoms with E-state index in [-0.39, 0.29) is 5.41 Å². The van der Waals surface area contributed by atoms with Crippen molar-refractivity contribution >= 4 is 98.1 Å². The number of para-hydroxylation sites is 2. The Bertz CT molecular complexity index is 4420. The number of fused-ring (bicyclic) bond motifs is 14. The summed E-state index contributed by atoms with van der Waals surface area (Å²) in [5, 5.41) is 11.3. The van der Waals surface area contributed by atoms with Gasteiger partial charge < -0.3 is 8.80 Å². The van der Waals surface area contributed by atoms with E-state index in [1.807, 2.05) is 0 Å². The summed E-state index contributed by atoms with van der Waals surface area (Å²) < 4.78 is 9.73. The van der Waals surface area contributed by atoms with Gasteiger partial charge >= 0.3 is 5.82 Å². The number of hydrogen-bond donors (Lipinski definition) is 0. The maximum absolute atomic E-state index is 5.75. The predicted octanol–water partition coefficient (Wildman–Crippen LogP) is 14.3. The van der Waals surface area contributed by atoms with E-state index in [0.29, 0.717) is 0 Å². The molecule has 8 aromatic carbocycles. The fourth-order valence-electron chi connectivity index (χ4n) is 12.0. The first-order chi connectivity index (χ1) is 32.0. The van der Waals surface area contributed by atoms with Crippen LogP contribution in [0.15, 0.2) is 158 Å². The molecule has 0 aliphatic carbocycles. The maximum atomic E-state index is 5.75. The minimum Gasteiger partial charge on any atom is -0.303 e. The zero-order valence-electron chi connectivity index (χ0n) is 38.2. The van der Waals surface area contributed by atoms with Gasteiger partial charge in [0.2, 0.25) is 16.7 Å². The SMILES string of the molecule is Cc1cc2ccccc2cc1-c1cc2c3ccccc3n3c4ccc(-c5ccc6c(c5)c5nc(-c7cc(C(C)(C)C)c8ccccc8c7C)[n+](C)c7c8ccccc8n6c57)cc4c(c23)[n+]1C. The molecule has 5 heteroatoms. The third-order valence-corrected chi connectivity index (χ3v) is 15.1. The third kappa shape index (κ3) is 4.82. The molecule has 0 atom stereocenters. The summed E-state index contributed by atoms with van der Waals surface area (Å²) in [6.07, 6.45) is 0. The van der Waals surface area contributed by atoms with Gasteiger partial charge in [0.1, 0.15) is 18.1 Å². The van der Waals surface area contributed by atoms with E-state index in [2.05, 4.69) is 224 Å². The average molecular weight is 850 g/mol. The van der Waals surface area contributed by atoms with Gasteiger partial charge in [-0.15, -0.1) is 0 Å². The lowest BCUT2D eigenvalue weighted by Crippen LogP contribution is -2.33. The van der Waals surface area contributed by atoms with Crippen molar-refractivity contribution in [1.82, 2.24) is 13.8 Å². The van der Waals surface area contributed by atoms with Crippen molar-refractivity contribution in [3.05, 3.63) is 174 Å². The smallest absolute Gasteiger partial charge is 0.303 e. The summed E-state index contributed by atoms with van der Waals surface area (Å²) in [6, 6.07) is 59.0. The van der Waals surface area contributed by atoms with Gasteiger partial charge in [-0.1, -0.05) is 118 Å². The molecule has 0 N–H and O–H groups in total. The lowest BCUT2D eigenvalue weighted by molar-refractivity contribution is -0.635. The summed E-state index contributed by atoms with van der Waals surface area (Å²) in [4.78, 5) is 5.75. The van der Waals surface area contributed by atoms with E-state index in [9.17, 15) is 0 Å². The van der Waals surface area contributed by atoms with Crippen molar-refractivity contribution in [3.8, 4) is 33.8 Å². The zero-order chi connectivity index (χ0) is 44.5. The number of rotatable bonds is 3. The molecule has 0 spiro atoms. The second-order valence-corrected chi connectivity index (χ2v) is 19.8. The second kappa shape index (κ2) is 12.9. The quantitative estimate of drug-likeness (QED) is 0.163. The standard InChI is InChI=1S/C61H47N5/c1-34-28-36-16-8-9-17-37(36)29-44(34)54-33-46-42-20-12-14-22-50(42)65-53-27-25-39(31-48(53)57(58(46)65)63(54)6)38-24-26-52-47(30-38)55-59-56(43-21-13-15-23-51(43)66(52)59)64(7)60(62-55)45-32-49(61(3,4)5)41-19-11-10-18-40(41)35(45)2/h8-33H,1-7H3/q+2. The number of aromatic nitrogens is 5. The molecular formula is C61H47N5+2. The lowest BCUT2D eigenvalue weighted by Gasteiger charge is -2.23. The van der Waals surface area contributed by atoms with E-state index in [1.165, 1.54) is 132 Å². The van der Waals surface area contributed by atoms with Gasteiger partial charge in [0.25, 0.3) is 0 Å². The van der Waals surface area contributed by atoms with Gasteiger partial charge in [-0.05, 0) is 128 Å². The Morgan fingerprint density at radius 2 is 1.02 bits per heavy atom. The highest BCUT2D eigenvalue weighted by Gasteiger charge is 2.32. The molecule has 14 rings (SSSR count). The second-order valence-electron chi connectivity index (χ2n) is 19.8. The fraction of sp³-hybridized carbons (Fsp3) is 0.131. The van der Waals surface area contributed by atoms with Crippen LogP contribution >= 0.6 is 0 Å². The Morgan fingerprint density at radius 1 is 0.455 bits per heavy atom. The molecule has 0 saturated heterocycles. The molecule has 0 aliphatic heterocycles. The Kier molecular flexibility index (Phi) is 7.32. The summed E-state index contributed by atoms with van der Waals surface area (Å²) >= 11 is 0. The average Bonchev–Trinajstić information content (AvgIpc) is 4.05. The molecule has 0 aliphatic rings. The van der Waals surface area contributed by atoms with Crippen molar-refractivity contribution in [3.63, 3.8) is 0 Å². The summed E-state index contributed by atoms with van der Waals surface area (Å²) in [7, 11) is 4.46. The molecule has 0 unspecified atom stereocenters. The summed E-state index contributed by atoms with van der Waals surface area (Å²) in [5.74, 6) is 0.983. The van der Waals surface area contributed by atoms with Gasteiger partial charge in [-0.25, -0.2) is 4.57 Å². The molecular weight excluding hydrogens is 803 g/mol. The van der Waals surface area contributed by atoms with Crippen molar-refractivity contribution < 1.29 is 9.13 Å². The van der Waals surface area contributed by atoms with Crippen molar-refractivity contribution in [2.45, 2.75) is 40.0 Å². The van der Waals surface area contributed by atoms with E-state index < -0.39 is 0 Å². The number of benzene rings is 8. The molecule has 0 fully saturated rings. The van der Waals surface area contributed by atoms with Crippen LogP contribution in [-0.2, 0) is 19.5 Å². The highest BCUT2D eigenvalue weighted by molar-refractivity contribution is 6.23. The predicted molar refractivity (Wildman–Crippen MR) is 275 cm³/mol. The Labute approximate surface area is 381 Å². The maximum Gasteiger partial charge on any atom is 0.331 e. The van der Waals surface area contributed by atoms with Crippen LogP contribution in [0.3, 0.4) is 0 Å². The van der Waals surface area contributed by atoms with Gasteiger partial charge in [0.15, 0.2) is 5.52 Å². The highest BCUT2D eigenvalue weighted by atomic mass is 15.1. The molecule has 6 aromatic heterocycles. The molecule has 66 heavy (non-hydrogen) atoms. The molecule has 0 bridgehead atoms. The van der Waals surface area contributed by atoms with Gasteiger partial charge in [-0.2, -0.15) is 4.57 Å². The minimum absolute atomic E-state index is 0.0516. The van der Waals surface area contributed by atoms with E-state index in [4.69, 9.17) is 4.98 Å². The first kappa shape index (κ1) is 37.5. The monoisotopic (exact) mass is 849 g/mol. The fourth-order valence-corrected chi connectivity index (χ4v) is 12.0. The molecule has 5 nitrogen and oxygen atoms in total. The number of hydrogen-bond acceptors (Lipinski definition) is 1. The first-order valence-corrected chi connectivity index (χ1v) is 23.2. The van der Waals surface area contributed by atoms with Crippen LogP contribution in [0.25, 0.3) is 132 Å². The van der Waals surface area contributed by atoms with Crippen LogP contribution in [0, 0.1) is 13.8 Å². The highest BCUT2D eigenvalue weighted by Crippen LogP contribution is 2.44.